The molecule has 1 N–H and O–H groups in total. The van der Waals surface area contributed by atoms with Crippen molar-refractivity contribution >= 4 is 22.7 Å². The van der Waals surface area contributed by atoms with Gasteiger partial charge in [-0.15, -0.1) is 11.3 Å². The molecule has 0 amide bonds. The first-order valence-corrected chi connectivity index (χ1v) is 10.0. The number of aromatic nitrogens is 1. The fourth-order valence-electron chi connectivity index (χ4n) is 2.73. The van der Waals surface area contributed by atoms with Gasteiger partial charge in [0.25, 0.3) is 0 Å². The van der Waals surface area contributed by atoms with Gasteiger partial charge < -0.3 is 4.74 Å². The van der Waals surface area contributed by atoms with Crippen LogP contribution < -0.4 is 10.2 Å². The number of ether oxygens (including phenoxy) is 1. The van der Waals surface area contributed by atoms with Crippen molar-refractivity contribution in [1.29, 1.82) is 0 Å². The highest BCUT2D eigenvalue weighted by atomic mass is 32.1. The molecular formula is C23H17F2N3OS. The number of nitrogens with one attached hydrogen (secondary N) is 1. The van der Waals surface area contributed by atoms with Crippen molar-refractivity contribution in [2.45, 2.75) is 6.61 Å². The lowest BCUT2D eigenvalue weighted by atomic mass is 10.2. The van der Waals surface area contributed by atoms with Crippen LogP contribution in [0.15, 0.2) is 83.3 Å². The van der Waals surface area contributed by atoms with Gasteiger partial charge in [0.15, 0.2) is 0 Å². The minimum atomic E-state index is -0.503. The summed E-state index contributed by atoms with van der Waals surface area (Å²) in [6.07, 6.45) is 1.64. The van der Waals surface area contributed by atoms with Crippen LogP contribution in [0, 0.1) is 11.6 Å². The normalized spacial score (nSPS) is 11.0. The van der Waals surface area contributed by atoms with E-state index in [1.165, 1.54) is 11.3 Å². The van der Waals surface area contributed by atoms with E-state index in [0.717, 1.165) is 35.0 Å². The molecule has 1 aromatic heterocycles. The second kappa shape index (κ2) is 9.28. The Balaban J connectivity index is 1.37. The summed E-state index contributed by atoms with van der Waals surface area (Å²) in [5.41, 5.74) is 5.81. The summed E-state index contributed by atoms with van der Waals surface area (Å²) in [5.74, 6) is -0.473. The van der Waals surface area contributed by atoms with E-state index in [0.29, 0.717) is 10.9 Å². The zero-order valence-electron chi connectivity index (χ0n) is 15.8. The van der Waals surface area contributed by atoms with Gasteiger partial charge >= 0.3 is 0 Å². The van der Waals surface area contributed by atoms with E-state index in [9.17, 15) is 8.78 Å². The number of hydrazone groups is 1. The molecule has 30 heavy (non-hydrogen) atoms. The lowest BCUT2D eigenvalue weighted by molar-refractivity contribution is 0.299. The summed E-state index contributed by atoms with van der Waals surface area (Å²) in [5, 5.41) is 6.86. The largest absolute Gasteiger partial charge is 0.489 e. The number of thiazole rings is 1. The number of benzene rings is 3. The molecule has 0 spiro atoms. The summed E-state index contributed by atoms with van der Waals surface area (Å²) in [7, 11) is 0. The Bertz CT molecular complexity index is 1160. The second-order valence-electron chi connectivity index (χ2n) is 6.37. The van der Waals surface area contributed by atoms with E-state index in [2.05, 4.69) is 15.5 Å². The van der Waals surface area contributed by atoms with E-state index in [1.807, 2.05) is 41.8 Å². The fourth-order valence-corrected chi connectivity index (χ4v) is 3.40. The van der Waals surface area contributed by atoms with Gasteiger partial charge in [-0.2, -0.15) is 5.10 Å². The Morgan fingerprint density at radius 3 is 2.73 bits per heavy atom. The monoisotopic (exact) mass is 421 g/mol. The fraction of sp³-hybridized carbons (Fsp3) is 0.0435. The maximum Gasteiger partial charge on any atom is 0.203 e. The maximum absolute atomic E-state index is 13.7. The van der Waals surface area contributed by atoms with Crippen LogP contribution in [0.4, 0.5) is 13.9 Å². The van der Waals surface area contributed by atoms with Crippen LogP contribution in [0.1, 0.15) is 11.1 Å². The van der Waals surface area contributed by atoms with Crippen molar-refractivity contribution in [2.24, 2.45) is 5.10 Å². The molecule has 1 heterocycles. The third-order valence-electron chi connectivity index (χ3n) is 4.21. The third-order valence-corrected chi connectivity index (χ3v) is 4.95. The first-order chi connectivity index (χ1) is 14.7. The summed E-state index contributed by atoms with van der Waals surface area (Å²) < 4.78 is 32.6. The number of rotatable bonds is 7. The lowest BCUT2D eigenvalue weighted by Crippen LogP contribution is -1.99. The Morgan fingerprint density at radius 1 is 1.00 bits per heavy atom. The maximum atomic E-state index is 13.7. The number of hydrogen-bond donors (Lipinski definition) is 1. The quantitative estimate of drug-likeness (QED) is 0.289. The van der Waals surface area contributed by atoms with Crippen molar-refractivity contribution in [1.82, 2.24) is 4.98 Å². The molecule has 0 bridgehead atoms. The molecule has 4 aromatic rings. The lowest BCUT2D eigenvalue weighted by Gasteiger charge is -2.08. The van der Waals surface area contributed by atoms with E-state index in [1.54, 1.807) is 24.4 Å². The smallest absolute Gasteiger partial charge is 0.203 e. The molecule has 0 fully saturated rings. The molecule has 0 unspecified atom stereocenters. The highest BCUT2D eigenvalue weighted by molar-refractivity contribution is 7.14. The first-order valence-electron chi connectivity index (χ1n) is 9.14. The molecule has 0 aliphatic heterocycles. The standard InChI is InChI=1S/C23H17F2N3OS/c24-19-9-10-21(25)18(12-19)14-29-20-8-4-5-16(11-20)13-26-28-23-27-22(15-30-23)17-6-2-1-3-7-17/h1-13,15H,14H2,(H,27,28). The molecule has 4 rings (SSSR count). The Labute approximate surface area is 176 Å². The molecular weight excluding hydrogens is 404 g/mol. The zero-order valence-corrected chi connectivity index (χ0v) is 16.6. The highest BCUT2D eigenvalue weighted by Crippen LogP contribution is 2.24. The number of halogens is 2. The van der Waals surface area contributed by atoms with E-state index < -0.39 is 11.6 Å². The van der Waals surface area contributed by atoms with Gasteiger partial charge in [-0.3, -0.25) is 5.43 Å². The Hall–Kier alpha value is -3.58. The summed E-state index contributed by atoms with van der Waals surface area (Å²) in [6, 6.07) is 20.4. The van der Waals surface area contributed by atoms with Gasteiger partial charge in [-0.25, -0.2) is 13.8 Å². The third kappa shape index (κ3) is 5.07. The Morgan fingerprint density at radius 2 is 1.87 bits per heavy atom. The van der Waals surface area contributed by atoms with Gasteiger partial charge in [0, 0.05) is 16.5 Å². The summed E-state index contributed by atoms with van der Waals surface area (Å²) in [6.45, 7) is -0.0657. The molecule has 4 nitrogen and oxygen atoms in total. The van der Waals surface area contributed by atoms with Crippen molar-refractivity contribution in [3.8, 4) is 17.0 Å². The predicted molar refractivity (Wildman–Crippen MR) is 116 cm³/mol. The predicted octanol–water partition coefficient (Wildman–Crippen LogP) is 6.11. The average molecular weight is 421 g/mol. The van der Waals surface area contributed by atoms with Gasteiger partial charge in [-0.05, 0) is 35.9 Å². The molecule has 0 radical (unpaired) electrons. The van der Waals surface area contributed by atoms with Crippen LogP contribution >= 0.6 is 11.3 Å². The van der Waals surface area contributed by atoms with Crippen molar-refractivity contribution in [2.75, 3.05) is 5.43 Å². The van der Waals surface area contributed by atoms with E-state index in [4.69, 9.17) is 4.74 Å². The SMILES string of the molecule is Fc1ccc(F)c(COc2cccc(C=NNc3nc(-c4ccccc4)cs3)c2)c1. The molecule has 150 valence electrons. The van der Waals surface area contributed by atoms with Crippen LogP contribution in [-0.4, -0.2) is 11.2 Å². The van der Waals surface area contributed by atoms with Gasteiger partial charge in [0.1, 0.15) is 24.0 Å². The zero-order chi connectivity index (χ0) is 20.8. The van der Waals surface area contributed by atoms with Gasteiger partial charge in [-0.1, -0.05) is 42.5 Å². The summed E-state index contributed by atoms with van der Waals surface area (Å²) >= 11 is 1.46. The van der Waals surface area contributed by atoms with E-state index >= 15 is 0 Å². The van der Waals surface area contributed by atoms with Crippen LogP contribution in [0.5, 0.6) is 5.75 Å². The van der Waals surface area contributed by atoms with Crippen LogP contribution in [0.3, 0.4) is 0 Å². The number of hydrogen-bond acceptors (Lipinski definition) is 5. The molecule has 0 aliphatic carbocycles. The second-order valence-corrected chi connectivity index (χ2v) is 7.23. The minimum Gasteiger partial charge on any atom is -0.489 e. The molecule has 0 saturated carbocycles. The first kappa shape index (κ1) is 19.7. The van der Waals surface area contributed by atoms with Crippen LogP contribution in [0.2, 0.25) is 0 Å². The van der Waals surface area contributed by atoms with Crippen LogP contribution in [0.25, 0.3) is 11.3 Å². The molecule has 0 aliphatic rings. The Kier molecular flexibility index (Phi) is 6.10. The topological polar surface area (TPSA) is 46.5 Å². The highest BCUT2D eigenvalue weighted by Gasteiger charge is 2.06. The molecule has 0 saturated heterocycles. The molecule has 3 aromatic carbocycles. The van der Waals surface area contributed by atoms with Crippen molar-refractivity contribution in [3.63, 3.8) is 0 Å². The number of nitrogens with zero attached hydrogens (tertiary/aromatic N) is 2. The van der Waals surface area contributed by atoms with Gasteiger partial charge in [0.05, 0.1) is 11.9 Å². The molecule has 0 atom stereocenters. The van der Waals surface area contributed by atoms with Crippen molar-refractivity contribution in [3.05, 3.63) is 101 Å². The molecule has 7 heteroatoms. The number of anilines is 1. The van der Waals surface area contributed by atoms with E-state index in [-0.39, 0.29) is 12.2 Å². The van der Waals surface area contributed by atoms with Crippen molar-refractivity contribution < 1.29 is 13.5 Å². The van der Waals surface area contributed by atoms with Crippen LogP contribution in [-0.2, 0) is 6.61 Å². The van der Waals surface area contributed by atoms with Gasteiger partial charge in [0.2, 0.25) is 5.13 Å². The minimum absolute atomic E-state index is 0.0657. The summed E-state index contributed by atoms with van der Waals surface area (Å²) in [4.78, 5) is 4.51. The average Bonchev–Trinajstić information content (AvgIpc) is 3.24.